The van der Waals surface area contributed by atoms with Crippen LogP contribution in [0.5, 0.6) is 5.75 Å². The van der Waals surface area contributed by atoms with Gasteiger partial charge in [-0.1, -0.05) is 0 Å². The van der Waals surface area contributed by atoms with Gasteiger partial charge in [0, 0.05) is 10.7 Å². The minimum absolute atomic E-state index is 0.235. The van der Waals surface area contributed by atoms with Gasteiger partial charge in [-0.15, -0.1) is 13.2 Å². The van der Waals surface area contributed by atoms with Crippen molar-refractivity contribution in [2.24, 2.45) is 0 Å². The molecule has 0 radical (unpaired) electrons. The summed E-state index contributed by atoms with van der Waals surface area (Å²) < 4.78 is 61.4. The van der Waals surface area contributed by atoms with E-state index in [1.807, 2.05) is 0 Å². The van der Waals surface area contributed by atoms with Crippen molar-refractivity contribution in [1.82, 2.24) is 4.98 Å². The summed E-state index contributed by atoms with van der Waals surface area (Å²) in [7, 11) is 0.678. The number of anilines is 1. The molecular formula is C6H3ClF3IN2O3S. The zero-order valence-corrected chi connectivity index (χ0v) is 11.4. The number of nitrogens with two attached hydrogens (primary N) is 1. The van der Waals surface area contributed by atoms with Crippen LogP contribution in [0, 0.1) is 3.70 Å². The molecule has 0 spiro atoms. The Labute approximate surface area is 112 Å². The Balaban J connectivity index is 3.41. The molecule has 1 aromatic heterocycles. The molecule has 0 atom stereocenters. The van der Waals surface area contributed by atoms with E-state index in [2.05, 4.69) is 9.72 Å². The molecule has 96 valence electrons. The van der Waals surface area contributed by atoms with Crippen molar-refractivity contribution in [2.45, 2.75) is 11.3 Å². The average molecular weight is 403 g/mol. The van der Waals surface area contributed by atoms with Crippen LogP contribution in [-0.2, 0) is 9.05 Å². The summed E-state index contributed by atoms with van der Waals surface area (Å²) in [5, 5.41) is 0. The molecule has 0 aliphatic heterocycles. The number of alkyl halides is 3. The number of halogens is 5. The molecule has 0 aromatic carbocycles. The summed E-state index contributed by atoms with van der Waals surface area (Å²) in [6.07, 6.45) is -4.26. The molecule has 11 heteroatoms. The molecule has 1 aromatic rings. The average Bonchev–Trinajstić information content (AvgIpc) is 2.08. The Hall–Kier alpha value is -0.490. The second-order valence-electron chi connectivity index (χ2n) is 2.64. The van der Waals surface area contributed by atoms with Crippen molar-refractivity contribution in [3.63, 3.8) is 0 Å². The normalized spacial score (nSPS) is 12.5. The first kappa shape index (κ1) is 14.6. The van der Waals surface area contributed by atoms with Crippen molar-refractivity contribution in [3.05, 3.63) is 9.90 Å². The highest BCUT2D eigenvalue weighted by molar-refractivity contribution is 14.1. The minimum atomic E-state index is -5.01. The van der Waals surface area contributed by atoms with Gasteiger partial charge in [0.05, 0.1) is 11.9 Å². The first-order chi connectivity index (χ1) is 7.52. The van der Waals surface area contributed by atoms with Crippen molar-refractivity contribution in [3.8, 4) is 5.75 Å². The van der Waals surface area contributed by atoms with E-state index < -0.39 is 31.7 Å². The van der Waals surface area contributed by atoms with E-state index in [1.54, 1.807) is 0 Å². The Kier molecular flexibility index (Phi) is 3.98. The third-order valence-corrected chi connectivity index (χ3v) is 3.59. The fraction of sp³-hybridized carbons (Fsp3) is 0.167. The van der Waals surface area contributed by atoms with Crippen molar-refractivity contribution in [2.75, 3.05) is 5.73 Å². The molecular weight excluding hydrogens is 399 g/mol. The third-order valence-electron chi connectivity index (χ3n) is 1.47. The molecule has 5 nitrogen and oxygen atoms in total. The lowest BCUT2D eigenvalue weighted by molar-refractivity contribution is -0.274. The third kappa shape index (κ3) is 3.74. The van der Waals surface area contributed by atoms with E-state index in [9.17, 15) is 21.6 Å². The van der Waals surface area contributed by atoms with Crippen LogP contribution >= 0.6 is 33.3 Å². The van der Waals surface area contributed by atoms with E-state index in [0.717, 1.165) is 6.20 Å². The summed E-state index contributed by atoms with van der Waals surface area (Å²) in [4.78, 5) is 2.67. The zero-order valence-electron chi connectivity index (χ0n) is 7.62. The van der Waals surface area contributed by atoms with Gasteiger partial charge in [0.2, 0.25) is 0 Å². The molecule has 0 saturated carbocycles. The molecule has 0 bridgehead atoms. The van der Waals surface area contributed by atoms with Gasteiger partial charge in [-0.25, -0.2) is 13.4 Å². The first-order valence-corrected chi connectivity index (χ1v) is 7.05. The highest BCUT2D eigenvalue weighted by Crippen LogP contribution is 2.36. The van der Waals surface area contributed by atoms with E-state index in [4.69, 9.17) is 16.4 Å². The second-order valence-corrected chi connectivity index (χ2v) is 6.20. The quantitative estimate of drug-likeness (QED) is 0.465. The standard InChI is InChI=1S/C6H3ClF3IN2O3S/c7-17(14,15)2-1-13-5(11)4(3(2)12)16-6(8,9)10/h1H,(H2,12,13). The van der Waals surface area contributed by atoms with Crippen molar-refractivity contribution < 1.29 is 26.3 Å². The highest BCUT2D eigenvalue weighted by atomic mass is 127. The number of nitrogen functional groups attached to an aromatic ring is 1. The van der Waals surface area contributed by atoms with Gasteiger partial charge in [0.15, 0.2) is 5.75 Å². The maximum atomic E-state index is 12.0. The van der Waals surface area contributed by atoms with Gasteiger partial charge < -0.3 is 10.5 Å². The van der Waals surface area contributed by atoms with Crippen LogP contribution in [0.1, 0.15) is 0 Å². The first-order valence-electron chi connectivity index (χ1n) is 3.67. The zero-order chi connectivity index (χ0) is 13.4. The van der Waals surface area contributed by atoms with Gasteiger partial charge >= 0.3 is 6.36 Å². The van der Waals surface area contributed by atoms with E-state index >= 15 is 0 Å². The van der Waals surface area contributed by atoms with Gasteiger partial charge in [0.25, 0.3) is 9.05 Å². The molecule has 0 fully saturated rings. The maximum Gasteiger partial charge on any atom is 0.573 e. The summed E-state index contributed by atoms with van der Waals surface area (Å²) >= 11 is 1.42. The molecule has 0 saturated heterocycles. The number of ether oxygens (including phenoxy) is 1. The topological polar surface area (TPSA) is 82.3 Å². The predicted octanol–water partition coefficient (Wildman–Crippen LogP) is 2.09. The number of hydrogen-bond acceptors (Lipinski definition) is 5. The second kappa shape index (κ2) is 4.65. The Morgan fingerprint density at radius 2 is 2.00 bits per heavy atom. The Morgan fingerprint density at radius 3 is 2.41 bits per heavy atom. The van der Waals surface area contributed by atoms with Crippen LogP contribution in [0.2, 0.25) is 0 Å². The van der Waals surface area contributed by atoms with Crippen LogP contribution in [0.4, 0.5) is 18.9 Å². The number of hydrogen-bond donors (Lipinski definition) is 1. The predicted molar refractivity (Wildman–Crippen MR) is 61.1 cm³/mol. The van der Waals surface area contributed by atoms with Crippen LogP contribution in [0.3, 0.4) is 0 Å². The summed E-state index contributed by atoms with van der Waals surface area (Å²) in [5.41, 5.74) is 4.50. The summed E-state index contributed by atoms with van der Waals surface area (Å²) in [5.74, 6) is -0.889. The fourth-order valence-corrected chi connectivity index (χ4v) is 2.32. The largest absolute Gasteiger partial charge is 0.573 e. The van der Waals surface area contributed by atoms with Crippen LogP contribution < -0.4 is 10.5 Å². The Morgan fingerprint density at radius 1 is 1.47 bits per heavy atom. The molecule has 0 aliphatic rings. The maximum absolute atomic E-state index is 12.0. The van der Waals surface area contributed by atoms with Crippen molar-refractivity contribution >= 4 is 48.0 Å². The fourth-order valence-electron chi connectivity index (χ4n) is 0.874. The van der Waals surface area contributed by atoms with Gasteiger partial charge in [-0.3, -0.25) is 0 Å². The van der Waals surface area contributed by atoms with E-state index in [-0.39, 0.29) is 3.70 Å². The smallest absolute Gasteiger partial charge is 0.401 e. The summed E-state index contributed by atoms with van der Waals surface area (Å²) in [6.45, 7) is 0. The lowest BCUT2D eigenvalue weighted by Gasteiger charge is -2.13. The minimum Gasteiger partial charge on any atom is -0.401 e. The summed E-state index contributed by atoms with van der Waals surface area (Å²) in [6, 6.07) is 0. The number of nitrogens with zero attached hydrogens (tertiary/aromatic N) is 1. The van der Waals surface area contributed by atoms with E-state index in [0.29, 0.717) is 0 Å². The molecule has 1 rings (SSSR count). The van der Waals surface area contributed by atoms with Crippen LogP contribution in [-0.4, -0.2) is 19.8 Å². The highest BCUT2D eigenvalue weighted by Gasteiger charge is 2.34. The number of rotatable bonds is 2. The van der Waals surface area contributed by atoms with Gasteiger partial charge in [-0.2, -0.15) is 0 Å². The number of aromatic nitrogens is 1. The molecule has 0 aliphatic carbocycles. The van der Waals surface area contributed by atoms with Gasteiger partial charge in [0.1, 0.15) is 8.60 Å². The van der Waals surface area contributed by atoms with Crippen molar-refractivity contribution in [1.29, 1.82) is 0 Å². The number of pyridine rings is 1. The van der Waals surface area contributed by atoms with E-state index in [1.165, 1.54) is 22.6 Å². The lowest BCUT2D eigenvalue weighted by Crippen LogP contribution is -2.20. The molecule has 0 unspecified atom stereocenters. The molecule has 1 heterocycles. The molecule has 0 amide bonds. The Bertz CT molecular complexity index is 548. The van der Waals surface area contributed by atoms with Crippen LogP contribution in [0.25, 0.3) is 0 Å². The lowest BCUT2D eigenvalue weighted by atomic mass is 10.4. The molecule has 17 heavy (non-hydrogen) atoms. The van der Waals surface area contributed by atoms with Gasteiger partial charge in [-0.05, 0) is 22.6 Å². The molecule has 2 N–H and O–H groups in total. The van der Waals surface area contributed by atoms with Crippen LogP contribution in [0.15, 0.2) is 11.1 Å². The monoisotopic (exact) mass is 402 g/mol. The SMILES string of the molecule is Nc1c(S(=O)(=O)Cl)cnc(I)c1OC(F)(F)F.